The lowest BCUT2D eigenvalue weighted by Crippen LogP contribution is -2.45. The van der Waals surface area contributed by atoms with Crippen LogP contribution in [0.4, 0.5) is 0 Å². The van der Waals surface area contributed by atoms with Crippen LogP contribution in [-0.2, 0) is 14.4 Å². The van der Waals surface area contributed by atoms with Gasteiger partial charge >= 0.3 is 5.97 Å². The Kier molecular flexibility index (Phi) is 4.48. The molecule has 1 aliphatic heterocycles. The Balaban J connectivity index is 2.59. The smallest absolute Gasteiger partial charge is 0.303 e. The van der Waals surface area contributed by atoms with Crippen molar-refractivity contribution in [3.63, 3.8) is 0 Å². The maximum absolute atomic E-state index is 11.8. The Hall–Kier alpha value is -1.59. The zero-order valence-electron chi connectivity index (χ0n) is 10.2. The van der Waals surface area contributed by atoms with Crippen LogP contribution in [0.15, 0.2) is 0 Å². The summed E-state index contributed by atoms with van der Waals surface area (Å²) in [6.07, 6.45) is 1.24. The van der Waals surface area contributed by atoms with Gasteiger partial charge in [-0.2, -0.15) is 0 Å². The van der Waals surface area contributed by atoms with Gasteiger partial charge in [0.05, 0.1) is 6.42 Å². The second-order valence-corrected chi connectivity index (χ2v) is 4.37. The molecule has 0 saturated carbocycles. The Morgan fingerprint density at radius 2 is 1.94 bits per heavy atom. The molecule has 1 saturated heterocycles. The van der Waals surface area contributed by atoms with E-state index in [2.05, 4.69) is 0 Å². The van der Waals surface area contributed by atoms with Gasteiger partial charge in [0.1, 0.15) is 6.04 Å². The zero-order valence-corrected chi connectivity index (χ0v) is 10.2. The van der Waals surface area contributed by atoms with Gasteiger partial charge in [-0.1, -0.05) is 0 Å². The molecule has 0 bridgehead atoms. The highest BCUT2D eigenvalue weighted by atomic mass is 16.4. The van der Waals surface area contributed by atoms with Crippen LogP contribution in [0.2, 0.25) is 0 Å². The van der Waals surface area contributed by atoms with Crippen LogP contribution >= 0.6 is 0 Å². The predicted molar refractivity (Wildman–Crippen MR) is 60.3 cm³/mol. The summed E-state index contributed by atoms with van der Waals surface area (Å²) in [4.78, 5) is 37.0. The van der Waals surface area contributed by atoms with E-state index in [1.807, 2.05) is 0 Å². The second-order valence-electron chi connectivity index (χ2n) is 4.37. The van der Waals surface area contributed by atoms with Crippen LogP contribution in [-0.4, -0.2) is 59.4 Å². The van der Waals surface area contributed by atoms with Crippen LogP contribution < -0.4 is 0 Å². The quantitative estimate of drug-likeness (QED) is 0.748. The third-order valence-corrected chi connectivity index (χ3v) is 2.85. The van der Waals surface area contributed by atoms with E-state index in [4.69, 9.17) is 5.11 Å². The Bertz CT molecular complexity index is 327. The molecule has 96 valence electrons. The summed E-state index contributed by atoms with van der Waals surface area (Å²) in [5.74, 6) is -1.33. The topological polar surface area (TPSA) is 77.9 Å². The summed E-state index contributed by atoms with van der Waals surface area (Å²) in [6.45, 7) is 0.544. The van der Waals surface area contributed by atoms with Crippen molar-refractivity contribution in [3.05, 3.63) is 0 Å². The molecule has 1 atom stereocenters. The van der Waals surface area contributed by atoms with Gasteiger partial charge in [0, 0.05) is 27.1 Å². The molecule has 1 fully saturated rings. The molecular formula is C11H18N2O4. The van der Waals surface area contributed by atoms with Crippen molar-refractivity contribution < 1.29 is 19.5 Å². The maximum atomic E-state index is 11.8. The van der Waals surface area contributed by atoms with Crippen molar-refractivity contribution in [2.45, 2.75) is 31.7 Å². The minimum Gasteiger partial charge on any atom is -0.481 e. The van der Waals surface area contributed by atoms with Crippen LogP contribution in [0.25, 0.3) is 0 Å². The van der Waals surface area contributed by atoms with Gasteiger partial charge in [-0.15, -0.1) is 0 Å². The minimum absolute atomic E-state index is 0.0352. The second kappa shape index (κ2) is 5.65. The molecular weight excluding hydrogens is 224 g/mol. The summed E-state index contributed by atoms with van der Waals surface area (Å²) in [6, 6.07) is -0.411. The van der Waals surface area contributed by atoms with Crippen LogP contribution in [0, 0.1) is 0 Å². The van der Waals surface area contributed by atoms with Crippen molar-refractivity contribution in [1.82, 2.24) is 9.80 Å². The highest BCUT2D eigenvalue weighted by Crippen LogP contribution is 2.20. The minimum atomic E-state index is -0.993. The first kappa shape index (κ1) is 13.5. The fourth-order valence-corrected chi connectivity index (χ4v) is 1.98. The van der Waals surface area contributed by atoms with E-state index >= 15 is 0 Å². The number of carbonyl (C=O) groups is 3. The number of likely N-dealkylation sites (tertiary alicyclic amines) is 1. The molecule has 1 rings (SSSR count). The first-order valence-electron chi connectivity index (χ1n) is 5.66. The fourth-order valence-electron chi connectivity index (χ4n) is 1.98. The SMILES string of the molecule is CN(C)C(=O)C1CCCN1C(=O)CCC(=O)O. The van der Waals surface area contributed by atoms with Gasteiger partial charge in [0.25, 0.3) is 0 Å². The molecule has 1 heterocycles. The molecule has 0 spiro atoms. The lowest BCUT2D eigenvalue weighted by molar-refractivity contribution is -0.144. The molecule has 0 aliphatic carbocycles. The van der Waals surface area contributed by atoms with E-state index in [1.54, 1.807) is 14.1 Å². The summed E-state index contributed by atoms with van der Waals surface area (Å²) in [5.41, 5.74) is 0. The number of aliphatic carboxylic acids is 1. The number of amides is 2. The Morgan fingerprint density at radius 1 is 1.29 bits per heavy atom. The van der Waals surface area contributed by atoms with Crippen molar-refractivity contribution in [2.75, 3.05) is 20.6 Å². The number of carboxylic acid groups (broad SMARTS) is 1. The lowest BCUT2D eigenvalue weighted by Gasteiger charge is -2.26. The van der Waals surface area contributed by atoms with E-state index in [0.29, 0.717) is 13.0 Å². The van der Waals surface area contributed by atoms with Crippen molar-refractivity contribution >= 4 is 17.8 Å². The highest BCUT2D eigenvalue weighted by molar-refractivity contribution is 5.89. The van der Waals surface area contributed by atoms with Gasteiger partial charge < -0.3 is 14.9 Å². The van der Waals surface area contributed by atoms with Gasteiger partial charge in [0.2, 0.25) is 11.8 Å². The molecule has 2 amide bonds. The summed E-state index contributed by atoms with van der Waals surface area (Å²) < 4.78 is 0. The molecule has 17 heavy (non-hydrogen) atoms. The number of likely N-dealkylation sites (N-methyl/N-ethyl adjacent to an activating group) is 1. The molecule has 6 heteroatoms. The first-order chi connectivity index (χ1) is 7.93. The number of carboxylic acids is 1. The highest BCUT2D eigenvalue weighted by Gasteiger charge is 2.34. The van der Waals surface area contributed by atoms with Crippen LogP contribution in [0.3, 0.4) is 0 Å². The molecule has 0 aromatic rings. The molecule has 0 aromatic carbocycles. The summed E-state index contributed by atoms with van der Waals surface area (Å²) in [7, 11) is 3.31. The standard InChI is InChI=1S/C11H18N2O4/c1-12(2)11(17)8-4-3-7-13(8)9(14)5-6-10(15)16/h8H,3-7H2,1-2H3,(H,15,16). The third kappa shape index (κ3) is 3.44. The Labute approximate surface area is 100 Å². The number of hydrogen-bond donors (Lipinski definition) is 1. The summed E-state index contributed by atoms with van der Waals surface area (Å²) in [5, 5.41) is 8.52. The molecule has 0 radical (unpaired) electrons. The van der Waals surface area contributed by atoms with Crippen LogP contribution in [0.1, 0.15) is 25.7 Å². The number of carbonyl (C=O) groups excluding carboxylic acids is 2. The number of hydrogen-bond acceptors (Lipinski definition) is 3. The van der Waals surface area contributed by atoms with E-state index < -0.39 is 12.0 Å². The average Bonchev–Trinajstić information content (AvgIpc) is 2.73. The normalized spacial score (nSPS) is 19.2. The van der Waals surface area contributed by atoms with Gasteiger partial charge in [-0.3, -0.25) is 14.4 Å². The van der Waals surface area contributed by atoms with E-state index in [0.717, 1.165) is 6.42 Å². The van der Waals surface area contributed by atoms with E-state index in [9.17, 15) is 14.4 Å². The van der Waals surface area contributed by atoms with E-state index in [-0.39, 0.29) is 24.7 Å². The van der Waals surface area contributed by atoms with E-state index in [1.165, 1.54) is 9.80 Å². The molecule has 6 nitrogen and oxygen atoms in total. The number of nitrogens with zero attached hydrogens (tertiary/aromatic N) is 2. The predicted octanol–water partition coefficient (Wildman–Crippen LogP) is -0.0696. The summed E-state index contributed by atoms with van der Waals surface area (Å²) >= 11 is 0. The largest absolute Gasteiger partial charge is 0.481 e. The zero-order chi connectivity index (χ0) is 13.0. The van der Waals surface area contributed by atoms with Crippen molar-refractivity contribution in [3.8, 4) is 0 Å². The van der Waals surface area contributed by atoms with Crippen LogP contribution in [0.5, 0.6) is 0 Å². The van der Waals surface area contributed by atoms with Crippen molar-refractivity contribution in [2.24, 2.45) is 0 Å². The molecule has 0 aromatic heterocycles. The van der Waals surface area contributed by atoms with Gasteiger partial charge in [-0.05, 0) is 12.8 Å². The third-order valence-electron chi connectivity index (χ3n) is 2.85. The number of rotatable bonds is 4. The van der Waals surface area contributed by atoms with Crippen molar-refractivity contribution in [1.29, 1.82) is 0 Å². The average molecular weight is 242 g/mol. The molecule has 1 N–H and O–H groups in total. The maximum Gasteiger partial charge on any atom is 0.303 e. The van der Waals surface area contributed by atoms with Gasteiger partial charge in [-0.25, -0.2) is 0 Å². The molecule has 1 aliphatic rings. The first-order valence-corrected chi connectivity index (χ1v) is 5.66. The molecule has 1 unspecified atom stereocenters. The monoisotopic (exact) mass is 242 g/mol. The van der Waals surface area contributed by atoms with Gasteiger partial charge in [0.15, 0.2) is 0 Å². The lowest BCUT2D eigenvalue weighted by atomic mass is 10.2. The Morgan fingerprint density at radius 3 is 2.47 bits per heavy atom. The fraction of sp³-hybridized carbons (Fsp3) is 0.727.